The molecular formula is C14H12ClF. The molecule has 0 amide bonds. The van der Waals surface area contributed by atoms with Gasteiger partial charge in [-0.3, -0.25) is 0 Å². The van der Waals surface area contributed by atoms with E-state index in [9.17, 15) is 4.39 Å². The molecule has 0 unspecified atom stereocenters. The van der Waals surface area contributed by atoms with E-state index in [4.69, 9.17) is 11.6 Å². The summed E-state index contributed by atoms with van der Waals surface area (Å²) in [4.78, 5) is 0. The van der Waals surface area contributed by atoms with Gasteiger partial charge in [0.2, 0.25) is 0 Å². The van der Waals surface area contributed by atoms with Crippen molar-refractivity contribution in [2.45, 2.75) is 13.3 Å². The normalized spacial score (nSPS) is 10.4. The summed E-state index contributed by atoms with van der Waals surface area (Å²) in [5, 5.41) is 0.719. The zero-order valence-electron chi connectivity index (χ0n) is 9.00. The molecular weight excluding hydrogens is 223 g/mol. The lowest BCUT2D eigenvalue weighted by atomic mass is 10.0. The molecule has 0 spiro atoms. The second-order valence-corrected chi connectivity index (χ2v) is 4.31. The molecule has 0 saturated carbocycles. The maximum Gasteiger partial charge on any atom is 0.123 e. The molecule has 0 nitrogen and oxygen atoms in total. The Morgan fingerprint density at radius 3 is 2.69 bits per heavy atom. The smallest absolute Gasteiger partial charge is 0.123 e. The van der Waals surface area contributed by atoms with E-state index < -0.39 is 0 Å². The van der Waals surface area contributed by atoms with Crippen molar-refractivity contribution in [2.75, 3.05) is 0 Å². The van der Waals surface area contributed by atoms with Crippen LogP contribution in [0, 0.1) is 12.7 Å². The molecule has 0 heterocycles. The molecule has 0 atom stereocenters. The number of rotatable bonds is 2. The van der Waals surface area contributed by atoms with Gasteiger partial charge in [-0.05, 0) is 54.3 Å². The number of hydrogen-bond donors (Lipinski definition) is 0. The fourth-order valence-corrected chi connectivity index (χ4v) is 1.89. The minimum Gasteiger partial charge on any atom is -0.207 e. The summed E-state index contributed by atoms with van der Waals surface area (Å²) in [5.41, 5.74) is 3.28. The van der Waals surface area contributed by atoms with E-state index in [0.29, 0.717) is 6.42 Å². The highest BCUT2D eigenvalue weighted by atomic mass is 35.5. The first-order valence-corrected chi connectivity index (χ1v) is 5.52. The number of halogens is 2. The second-order valence-electron chi connectivity index (χ2n) is 3.88. The largest absolute Gasteiger partial charge is 0.207 e. The Morgan fingerprint density at radius 1 is 1.12 bits per heavy atom. The number of aryl methyl sites for hydroxylation is 1. The van der Waals surface area contributed by atoms with Gasteiger partial charge in [0.15, 0.2) is 0 Å². The average Bonchev–Trinajstić information content (AvgIpc) is 2.24. The maximum absolute atomic E-state index is 13.0. The van der Waals surface area contributed by atoms with Crippen molar-refractivity contribution >= 4 is 11.6 Å². The first-order chi connectivity index (χ1) is 7.65. The van der Waals surface area contributed by atoms with E-state index in [2.05, 4.69) is 0 Å². The minimum absolute atomic E-state index is 0.197. The highest BCUT2D eigenvalue weighted by molar-refractivity contribution is 6.30. The van der Waals surface area contributed by atoms with Crippen LogP contribution >= 0.6 is 11.6 Å². The third-order valence-corrected chi connectivity index (χ3v) is 2.83. The van der Waals surface area contributed by atoms with Crippen molar-refractivity contribution in [1.82, 2.24) is 0 Å². The summed E-state index contributed by atoms with van der Waals surface area (Å²) in [7, 11) is 0. The van der Waals surface area contributed by atoms with E-state index in [1.165, 1.54) is 11.6 Å². The van der Waals surface area contributed by atoms with E-state index in [-0.39, 0.29) is 5.82 Å². The molecule has 0 bridgehead atoms. The first kappa shape index (κ1) is 11.2. The predicted molar refractivity (Wildman–Crippen MR) is 65.4 cm³/mol. The van der Waals surface area contributed by atoms with Crippen LogP contribution in [0.5, 0.6) is 0 Å². The third kappa shape index (κ3) is 2.61. The highest BCUT2D eigenvalue weighted by Gasteiger charge is 2.02. The molecule has 82 valence electrons. The molecule has 0 aromatic heterocycles. The Kier molecular flexibility index (Phi) is 3.25. The summed E-state index contributed by atoms with van der Waals surface area (Å²) in [6.45, 7) is 2.03. The lowest BCUT2D eigenvalue weighted by Crippen LogP contribution is -1.92. The molecule has 0 saturated heterocycles. The molecule has 0 radical (unpaired) electrons. The summed E-state index contributed by atoms with van der Waals surface area (Å²) in [6, 6.07) is 12.4. The third-order valence-electron chi connectivity index (χ3n) is 2.59. The SMILES string of the molecule is Cc1ccc(Cl)cc1Cc1cccc(F)c1. The fraction of sp³-hybridized carbons (Fsp3) is 0.143. The molecule has 0 N–H and O–H groups in total. The summed E-state index contributed by atoms with van der Waals surface area (Å²) >= 11 is 5.94. The highest BCUT2D eigenvalue weighted by Crippen LogP contribution is 2.19. The van der Waals surface area contributed by atoms with Gasteiger partial charge >= 0.3 is 0 Å². The van der Waals surface area contributed by atoms with Gasteiger partial charge in [0, 0.05) is 5.02 Å². The van der Waals surface area contributed by atoms with Crippen molar-refractivity contribution < 1.29 is 4.39 Å². The van der Waals surface area contributed by atoms with Crippen LogP contribution in [0.25, 0.3) is 0 Å². The Bertz CT molecular complexity index is 506. The van der Waals surface area contributed by atoms with Crippen LogP contribution in [-0.2, 0) is 6.42 Å². The molecule has 16 heavy (non-hydrogen) atoms. The monoisotopic (exact) mass is 234 g/mol. The molecule has 0 aliphatic rings. The lowest BCUT2D eigenvalue weighted by molar-refractivity contribution is 0.626. The van der Waals surface area contributed by atoms with Gasteiger partial charge in [0.1, 0.15) is 5.82 Å². The van der Waals surface area contributed by atoms with Gasteiger partial charge in [-0.15, -0.1) is 0 Å². The summed E-state index contributed by atoms with van der Waals surface area (Å²) in [5.74, 6) is -0.197. The standard InChI is InChI=1S/C14H12ClF/c1-10-5-6-13(15)9-12(10)7-11-3-2-4-14(16)8-11/h2-6,8-9H,7H2,1H3. The summed E-state index contributed by atoms with van der Waals surface area (Å²) < 4.78 is 13.0. The van der Waals surface area contributed by atoms with E-state index in [1.807, 2.05) is 31.2 Å². The van der Waals surface area contributed by atoms with E-state index in [1.54, 1.807) is 12.1 Å². The van der Waals surface area contributed by atoms with Crippen LogP contribution in [0.4, 0.5) is 4.39 Å². The zero-order valence-corrected chi connectivity index (χ0v) is 9.76. The predicted octanol–water partition coefficient (Wildman–Crippen LogP) is 4.38. The topological polar surface area (TPSA) is 0 Å². The fourth-order valence-electron chi connectivity index (χ4n) is 1.70. The van der Waals surface area contributed by atoms with Crippen molar-refractivity contribution in [3.05, 3.63) is 70.0 Å². The summed E-state index contributed by atoms with van der Waals surface area (Å²) in [6.07, 6.45) is 0.712. The molecule has 0 aliphatic heterocycles. The van der Waals surface area contributed by atoms with Crippen LogP contribution in [0.1, 0.15) is 16.7 Å². The van der Waals surface area contributed by atoms with Crippen LogP contribution in [0.15, 0.2) is 42.5 Å². The lowest BCUT2D eigenvalue weighted by Gasteiger charge is -2.06. The van der Waals surface area contributed by atoms with Gasteiger partial charge < -0.3 is 0 Å². The van der Waals surface area contributed by atoms with Gasteiger partial charge in [-0.1, -0.05) is 29.8 Å². The van der Waals surface area contributed by atoms with Crippen LogP contribution < -0.4 is 0 Å². The van der Waals surface area contributed by atoms with Crippen LogP contribution in [-0.4, -0.2) is 0 Å². The second kappa shape index (κ2) is 4.67. The quantitative estimate of drug-likeness (QED) is 0.724. The van der Waals surface area contributed by atoms with Crippen LogP contribution in [0.3, 0.4) is 0 Å². The Labute approximate surface area is 99.7 Å². The molecule has 0 aliphatic carbocycles. The minimum atomic E-state index is -0.197. The molecule has 2 rings (SSSR count). The van der Waals surface area contributed by atoms with Gasteiger partial charge in [0.05, 0.1) is 0 Å². The molecule has 2 aromatic rings. The van der Waals surface area contributed by atoms with Crippen molar-refractivity contribution in [3.63, 3.8) is 0 Å². The van der Waals surface area contributed by atoms with E-state index in [0.717, 1.165) is 16.1 Å². The Balaban J connectivity index is 2.30. The number of hydrogen-bond acceptors (Lipinski definition) is 0. The molecule has 2 aromatic carbocycles. The first-order valence-electron chi connectivity index (χ1n) is 5.14. The molecule has 0 fully saturated rings. The average molecular weight is 235 g/mol. The Hall–Kier alpha value is -1.34. The zero-order chi connectivity index (χ0) is 11.5. The van der Waals surface area contributed by atoms with E-state index >= 15 is 0 Å². The Morgan fingerprint density at radius 2 is 1.94 bits per heavy atom. The van der Waals surface area contributed by atoms with Gasteiger partial charge in [-0.2, -0.15) is 0 Å². The van der Waals surface area contributed by atoms with Gasteiger partial charge in [0.25, 0.3) is 0 Å². The van der Waals surface area contributed by atoms with Crippen molar-refractivity contribution in [2.24, 2.45) is 0 Å². The van der Waals surface area contributed by atoms with Crippen molar-refractivity contribution in [3.8, 4) is 0 Å². The maximum atomic E-state index is 13.0. The number of benzene rings is 2. The van der Waals surface area contributed by atoms with Crippen molar-refractivity contribution in [1.29, 1.82) is 0 Å². The van der Waals surface area contributed by atoms with Gasteiger partial charge in [-0.25, -0.2) is 4.39 Å². The molecule has 2 heteroatoms. The van der Waals surface area contributed by atoms with Crippen LogP contribution in [0.2, 0.25) is 5.02 Å².